The van der Waals surface area contributed by atoms with E-state index in [0.717, 1.165) is 0 Å². The Morgan fingerprint density at radius 1 is 1.09 bits per heavy atom. The number of anilines is 2. The number of hydrogen-bond acceptors (Lipinski definition) is 4. The molecule has 0 heterocycles. The van der Waals surface area contributed by atoms with Gasteiger partial charge in [0.2, 0.25) is 5.91 Å². The third kappa shape index (κ3) is 4.74. The van der Waals surface area contributed by atoms with Crippen molar-refractivity contribution in [3.05, 3.63) is 54.6 Å². The summed E-state index contributed by atoms with van der Waals surface area (Å²) in [5.41, 5.74) is 1.17. The molecule has 23 heavy (non-hydrogen) atoms. The molecule has 0 saturated heterocycles. The average Bonchev–Trinajstić information content (AvgIpc) is 2.55. The van der Waals surface area contributed by atoms with Gasteiger partial charge in [0.05, 0.1) is 19.2 Å². The molecule has 120 valence electrons. The van der Waals surface area contributed by atoms with Crippen molar-refractivity contribution in [1.82, 2.24) is 0 Å². The maximum atomic E-state index is 12.4. The van der Waals surface area contributed by atoms with Gasteiger partial charge in [0.1, 0.15) is 11.8 Å². The first-order valence-corrected chi connectivity index (χ1v) is 7.07. The lowest BCUT2D eigenvalue weighted by molar-refractivity contribution is -0.138. The standard InChI is InChI=1S/C17H18N2O4/c1-23-15-10-6-5-9-13(15)19-14(11-16(20)21)17(22)18-12-7-3-2-4-8-12/h2-10,14,19H,11H2,1H3,(H,18,22)(H,20,21). The van der Waals surface area contributed by atoms with Crippen LogP contribution in [0.3, 0.4) is 0 Å². The van der Waals surface area contributed by atoms with E-state index < -0.39 is 17.9 Å². The number of benzene rings is 2. The van der Waals surface area contributed by atoms with Crippen molar-refractivity contribution in [1.29, 1.82) is 0 Å². The molecule has 2 rings (SSSR count). The van der Waals surface area contributed by atoms with E-state index >= 15 is 0 Å². The number of nitrogens with one attached hydrogen (secondary N) is 2. The lowest BCUT2D eigenvalue weighted by atomic mass is 10.1. The Balaban J connectivity index is 2.16. The maximum Gasteiger partial charge on any atom is 0.305 e. The van der Waals surface area contributed by atoms with Crippen molar-refractivity contribution in [3.8, 4) is 5.75 Å². The molecule has 0 radical (unpaired) electrons. The quantitative estimate of drug-likeness (QED) is 0.731. The van der Waals surface area contributed by atoms with E-state index in [9.17, 15) is 9.59 Å². The lowest BCUT2D eigenvalue weighted by Gasteiger charge is -2.19. The maximum absolute atomic E-state index is 12.4. The van der Waals surface area contributed by atoms with Gasteiger partial charge in [-0.2, -0.15) is 0 Å². The summed E-state index contributed by atoms with van der Waals surface area (Å²) >= 11 is 0. The first kappa shape index (κ1) is 16.4. The number of hydrogen-bond donors (Lipinski definition) is 3. The van der Waals surface area contributed by atoms with Crippen LogP contribution in [0.25, 0.3) is 0 Å². The van der Waals surface area contributed by atoms with Crippen LogP contribution >= 0.6 is 0 Å². The smallest absolute Gasteiger partial charge is 0.305 e. The average molecular weight is 314 g/mol. The van der Waals surface area contributed by atoms with Crippen LogP contribution in [0.1, 0.15) is 6.42 Å². The van der Waals surface area contributed by atoms with Crippen molar-refractivity contribution in [2.24, 2.45) is 0 Å². The number of amides is 1. The number of para-hydroxylation sites is 3. The fourth-order valence-electron chi connectivity index (χ4n) is 2.09. The number of rotatable bonds is 7. The molecule has 0 spiro atoms. The molecule has 3 N–H and O–H groups in total. The van der Waals surface area contributed by atoms with Gasteiger partial charge in [-0.1, -0.05) is 30.3 Å². The van der Waals surface area contributed by atoms with Gasteiger partial charge in [0.25, 0.3) is 0 Å². The molecule has 0 aromatic heterocycles. The van der Waals surface area contributed by atoms with Crippen molar-refractivity contribution < 1.29 is 19.4 Å². The van der Waals surface area contributed by atoms with Crippen LogP contribution in [0.2, 0.25) is 0 Å². The van der Waals surface area contributed by atoms with Gasteiger partial charge in [0, 0.05) is 5.69 Å². The SMILES string of the molecule is COc1ccccc1NC(CC(=O)O)C(=O)Nc1ccccc1. The molecule has 0 aliphatic carbocycles. The van der Waals surface area contributed by atoms with Gasteiger partial charge in [-0.25, -0.2) is 0 Å². The minimum atomic E-state index is -1.07. The summed E-state index contributed by atoms with van der Waals surface area (Å²) in [5.74, 6) is -0.958. The Labute approximate surface area is 134 Å². The van der Waals surface area contributed by atoms with Crippen LogP contribution in [0, 0.1) is 0 Å². The molecule has 1 amide bonds. The van der Waals surface area contributed by atoms with Crippen LogP contribution in [-0.2, 0) is 9.59 Å². The first-order chi connectivity index (χ1) is 11.1. The molecule has 0 aliphatic rings. The highest BCUT2D eigenvalue weighted by atomic mass is 16.5. The number of carboxylic acid groups (broad SMARTS) is 1. The van der Waals surface area contributed by atoms with Crippen LogP contribution in [0.5, 0.6) is 5.75 Å². The molecule has 1 unspecified atom stereocenters. The van der Waals surface area contributed by atoms with E-state index in [1.165, 1.54) is 7.11 Å². The minimum absolute atomic E-state index is 0.350. The topological polar surface area (TPSA) is 87.7 Å². The van der Waals surface area contributed by atoms with E-state index in [1.807, 2.05) is 6.07 Å². The van der Waals surface area contributed by atoms with Crippen molar-refractivity contribution in [2.45, 2.75) is 12.5 Å². The molecule has 2 aromatic carbocycles. The Morgan fingerprint density at radius 3 is 2.39 bits per heavy atom. The first-order valence-electron chi connectivity index (χ1n) is 7.07. The zero-order valence-corrected chi connectivity index (χ0v) is 12.7. The molecule has 6 heteroatoms. The molecule has 2 aromatic rings. The van der Waals surface area contributed by atoms with Gasteiger partial charge in [-0.3, -0.25) is 9.59 Å². The Bertz CT molecular complexity index is 673. The Morgan fingerprint density at radius 2 is 1.74 bits per heavy atom. The highest BCUT2D eigenvalue weighted by Crippen LogP contribution is 2.24. The fourth-order valence-corrected chi connectivity index (χ4v) is 2.09. The second kappa shape index (κ2) is 7.84. The summed E-state index contributed by atoms with van der Waals surface area (Å²) in [6.07, 6.45) is -0.350. The largest absolute Gasteiger partial charge is 0.495 e. The van der Waals surface area contributed by atoms with E-state index in [1.54, 1.807) is 48.5 Å². The van der Waals surface area contributed by atoms with Gasteiger partial charge in [0.15, 0.2) is 0 Å². The molecular weight excluding hydrogens is 296 g/mol. The number of carbonyl (C=O) groups is 2. The highest BCUT2D eigenvalue weighted by Gasteiger charge is 2.22. The summed E-state index contributed by atoms with van der Waals surface area (Å²) in [7, 11) is 1.51. The molecule has 0 fully saturated rings. The Hall–Kier alpha value is -3.02. The number of ether oxygens (including phenoxy) is 1. The number of carboxylic acids is 1. The van der Waals surface area contributed by atoms with Crippen molar-refractivity contribution >= 4 is 23.3 Å². The zero-order valence-electron chi connectivity index (χ0n) is 12.7. The normalized spacial score (nSPS) is 11.3. The van der Waals surface area contributed by atoms with Gasteiger partial charge in [-0.15, -0.1) is 0 Å². The van der Waals surface area contributed by atoms with Crippen LogP contribution in [0.15, 0.2) is 54.6 Å². The van der Waals surface area contributed by atoms with E-state index in [-0.39, 0.29) is 6.42 Å². The molecule has 0 aliphatic heterocycles. The van der Waals surface area contributed by atoms with Gasteiger partial charge < -0.3 is 20.5 Å². The minimum Gasteiger partial charge on any atom is -0.495 e. The monoisotopic (exact) mass is 314 g/mol. The van der Waals surface area contributed by atoms with Crippen LogP contribution in [-0.4, -0.2) is 30.1 Å². The third-order valence-electron chi connectivity index (χ3n) is 3.17. The highest BCUT2D eigenvalue weighted by molar-refractivity contribution is 5.98. The van der Waals surface area contributed by atoms with Gasteiger partial charge >= 0.3 is 5.97 Å². The summed E-state index contributed by atoms with van der Waals surface area (Å²) in [6, 6.07) is 15.0. The molecule has 6 nitrogen and oxygen atoms in total. The van der Waals surface area contributed by atoms with Crippen LogP contribution < -0.4 is 15.4 Å². The summed E-state index contributed by atoms with van der Waals surface area (Å²) in [5, 5.41) is 14.7. The zero-order chi connectivity index (χ0) is 16.7. The second-order valence-electron chi connectivity index (χ2n) is 4.85. The third-order valence-corrected chi connectivity index (χ3v) is 3.17. The molecule has 1 atom stereocenters. The summed E-state index contributed by atoms with van der Waals surface area (Å²) < 4.78 is 5.21. The predicted molar refractivity (Wildman–Crippen MR) is 87.7 cm³/mol. The van der Waals surface area contributed by atoms with E-state index in [4.69, 9.17) is 9.84 Å². The lowest BCUT2D eigenvalue weighted by Crippen LogP contribution is -2.36. The molecular formula is C17H18N2O4. The predicted octanol–water partition coefficient (Wildman–Crippen LogP) is 2.59. The summed E-state index contributed by atoms with van der Waals surface area (Å²) in [6.45, 7) is 0. The second-order valence-corrected chi connectivity index (χ2v) is 4.85. The van der Waals surface area contributed by atoms with Crippen LogP contribution in [0.4, 0.5) is 11.4 Å². The van der Waals surface area contributed by atoms with E-state index in [2.05, 4.69) is 10.6 Å². The molecule has 0 saturated carbocycles. The molecule has 0 bridgehead atoms. The Kier molecular flexibility index (Phi) is 5.57. The summed E-state index contributed by atoms with van der Waals surface area (Å²) in [4.78, 5) is 23.4. The van der Waals surface area contributed by atoms with Gasteiger partial charge in [-0.05, 0) is 24.3 Å². The number of carbonyl (C=O) groups excluding carboxylic acids is 1. The number of aliphatic carboxylic acids is 1. The van der Waals surface area contributed by atoms with E-state index in [0.29, 0.717) is 17.1 Å². The number of methoxy groups -OCH3 is 1. The van der Waals surface area contributed by atoms with Crippen molar-refractivity contribution in [3.63, 3.8) is 0 Å². The van der Waals surface area contributed by atoms with Crippen molar-refractivity contribution in [2.75, 3.05) is 17.7 Å². The fraction of sp³-hybridized carbons (Fsp3) is 0.176.